The van der Waals surface area contributed by atoms with Gasteiger partial charge in [-0.05, 0) is 66.0 Å². The zero-order valence-electron chi connectivity index (χ0n) is 22.7. The fourth-order valence-electron chi connectivity index (χ4n) is 4.98. The van der Waals surface area contributed by atoms with Crippen molar-refractivity contribution in [2.45, 2.75) is 77.7 Å². The Morgan fingerprint density at radius 3 is 2.55 bits per heavy atom. The molecule has 1 fully saturated rings. The monoisotopic (exact) mass is 557 g/mol. The van der Waals surface area contributed by atoms with Crippen molar-refractivity contribution in [1.29, 1.82) is 0 Å². The van der Waals surface area contributed by atoms with Crippen molar-refractivity contribution < 1.29 is 27.2 Å². The van der Waals surface area contributed by atoms with E-state index < -0.39 is 23.4 Å². The Hall–Kier alpha value is -4.16. The zero-order chi connectivity index (χ0) is 28.8. The van der Waals surface area contributed by atoms with Crippen molar-refractivity contribution in [3.63, 3.8) is 0 Å². The molecule has 4 aromatic heterocycles. The van der Waals surface area contributed by atoms with Gasteiger partial charge in [0, 0.05) is 29.4 Å². The van der Waals surface area contributed by atoms with Crippen LogP contribution in [0.25, 0.3) is 33.5 Å². The number of nitrogens with zero attached hydrogens (tertiary/aromatic N) is 4. The van der Waals surface area contributed by atoms with Gasteiger partial charge in [-0.1, -0.05) is 5.16 Å². The number of alkyl halides is 3. The Labute approximate surface area is 228 Å². The van der Waals surface area contributed by atoms with Crippen LogP contribution in [-0.4, -0.2) is 48.9 Å². The second-order valence-electron chi connectivity index (χ2n) is 10.9. The van der Waals surface area contributed by atoms with Crippen LogP contribution in [0.1, 0.15) is 57.1 Å². The molecule has 0 spiro atoms. The van der Waals surface area contributed by atoms with Gasteiger partial charge in [0.25, 0.3) is 0 Å². The molecule has 1 aliphatic rings. The summed E-state index contributed by atoms with van der Waals surface area (Å²) < 4.78 is 52.7. The van der Waals surface area contributed by atoms with Crippen LogP contribution in [0.5, 0.6) is 0 Å². The standard InChI is InChI=1S/C27H30F3N7O3/c1-13-21(14(2)40-37-13)20-10-9-15-16(11-31-23(15)33-20)22-17(27(28,29)30)12-32-24(36-22)34-18-7-6-8-19(18)35-25(38)39-26(3,4)5/h9-12,18-19H,6-8H2,1-5H3,(H,31,33)(H,35,38)(H,32,34,36)/t18-,19-/m0/s1. The normalized spacial score (nSPS) is 17.8. The van der Waals surface area contributed by atoms with Gasteiger partial charge in [-0.25, -0.2) is 19.7 Å². The number of halogens is 3. The number of anilines is 1. The second kappa shape index (κ2) is 10.1. The first kappa shape index (κ1) is 27.4. The van der Waals surface area contributed by atoms with Crippen LogP contribution in [-0.2, 0) is 10.9 Å². The molecular weight excluding hydrogens is 527 g/mol. The Morgan fingerprint density at radius 1 is 1.12 bits per heavy atom. The maximum absolute atomic E-state index is 14.1. The van der Waals surface area contributed by atoms with Crippen LogP contribution in [0.4, 0.5) is 23.9 Å². The average Bonchev–Trinajstić information content (AvgIpc) is 3.55. The smallest absolute Gasteiger partial charge is 0.419 e. The van der Waals surface area contributed by atoms with Gasteiger partial charge in [0.15, 0.2) is 0 Å². The van der Waals surface area contributed by atoms with Gasteiger partial charge in [0.1, 0.15) is 22.6 Å². The summed E-state index contributed by atoms with van der Waals surface area (Å²) in [6.45, 7) is 8.87. The number of ether oxygens (including phenoxy) is 1. The van der Waals surface area contributed by atoms with Crippen LogP contribution in [0, 0.1) is 13.8 Å². The topological polar surface area (TPSA) is 131 Å². The molecule has 0 bridgehead atoms. The summed E-state index contributed by atoms with van der Waals surface area (Å²) in [6.07, 6.45) is -0.822. The predicted octanol–water partition coefficient (Wildman–Crippen LogP) is 6.17. The molecule has 40 heavy (non-hydrogen) atoms. The number of carbonyl (C=O) groups excluding carboxylic acids is 1. The first-order valence-electron chi connectivity index (χ1n) is 12.9. The summed E-state index contributed by atoms with van der Waals surface area (Å²) in [4.78, 5) is 28.2. The number of fused-ring (bicyclic) bond motifs is 1. The molecule has 13 heteroatoms. The molecule has 2 atom stereocenters. The van der Waals surface area contributed by atoms with E-state index in [-0.39, 0.29) is 29.3 Å². The summed E-state index contributed by atoms with van der Waals surface area (Å²) in [5.41, 5.74) is 0.706. The number of aromatic nitrogens is 5. The van der Waals surface area contributed by atoms with Crippen molar-refractivity contribution >= 4 is 23.1 Å². The lowest BCUT2D eigenvalue weighted by atomic mass is 10.1. The van der Waals surface area contributed by atoms with E-state index >= 15 is 0 Å². The zero-order valence-corrected chi connectivity index (χ0v) is 22.7. The first-order chi connectivity index (χ1) is 18.8. The molecule has 1 aliphatic carbocycles. The molecule has 212 valence electrons. The lowest BCUT2D eigenvalue weighted by molar-refractivity contribution is -0.137. The summed E-state index contributed by atoms with van der Waals surface area (Å²) >= 11 is 0. The highest BCUT2D eigenvalue weighted by molar-refractivity contribution is 5.94. The molecular formula is C27H30F3N7O3. The number of carbonyl (C=O) groups is 1. The number of hydrogen-bond acceptors (Lipinski definition) is 8. The van der Waals surface area contributed by atoms with E-state index in [9.17, 15) is 18.0 Å². The average molecular weight is 558 g/mol. The maximum atomic E-state index is 14.1. The summed E-state index contributed by atoms with van der Waals surface area (Å²) in [7, 11) is 0. The molecule has 0 aromatic carbocycles. The third-order valence-corrected chi connectivity index (χ3v) is 6.71. The number of nitrogens with one attached hydrogen (secondary N) is 3. The molecule has 10 nitrogen and oxygen atoms in total. The maximum Gasteiger partial charge on any atom is 0.419 e. The predicted molar refractivity (Wildman–Crippen MR) is 142 cm³/mol. The van der Waals surface area contributed by atoms with Crippen LogP contribution >= 0.6 is 0 Å². The van der Waals surface area contributed by atoms with Crippen LogP contribution < -0.4 is 10.6 Å². The second-order valence-corrected chi connectivity index (χ2v) is 10.9. The Morgan fingerprint density at radius 2 is 1.88 bits per heavy atom. The lowest BCUT2D eigenvalue weighted by Crippen LogP contribution is -2.45. The van der Waals surface area contributed by atoms with Gasteiger partial charge in [-0.3, -0.25) is 0 Å². The number of amides is 1. The van der Waals surface area contributed by atoms with E-state index in [1.807, 2.05) is 0 Å². The summed E-state index contributed by atoms with van der Waals surface area (Å²) in [5.74, 6) is 0.619. The molecule has 0 radical (unpaired) electrons. The van der Waals surface area contributed by atoms with Gasteiger partial charge in [-0.2, -0.15) is 13.2 Å². The Bertz CT molecular complexity index is 1540. The molecule has 0 aliphatic heterocycles. The van der Waals surface area contributed by atoms with E-state index in [0.717, 1.165) is 18.2 Å². The highest BCUT2D eigenvalue weighted by Gasteiger charge is 2.37. The van der Waals surface area contributed by atoms with Crippen LogP contribution in [0.15, 0.2) is 29.0 Å². The minimum absolute atomic E-state index is 0.0283. The van der Waals surface area contributed by atoms with Crippen molar-refractivity contribution in [2.75, 3.05) is 5.32 Å². The SMILES string of the molecule is Cc1noc(C)c1-c1ccc2c(-c3nc(N[C@H]4CCC[C@@H]4NC(=O)OC(C)(C)C)ncc3C(F)(F)F)c[nH]c2n1. The van der Waals surface area contributed by atoms with Crippen molar-refractivity contribution in [3.8, 4) is 22.5 Å². The van der Waals surface area contributed by atoms with Crippen molar-refractivity contribution in [1.82, 2.24) is 30.4 Å². The first-order valence-corrected chi connectivity index (χ1v) is 12.9. The summed E-state index contributed by atoms with van der Waals surface area (Å²) in [6, 6.07) is 2.84. The molecule has 3 N–H and O–H groups in total. The number of H-pyrrole nitrogens is 1. The number of pyridine rings is 1. The largest absolute Gasteiger partial charge is 0.444 e. The lowest BCUT2D eigenvalue weighted by Gasteiger charge is -2.25. The van der Waals surface area contributed by atoms with Gasteiger partial charge in [0.2, 0.25) is 5.95 Å². The van der Waals surface area contributed by atoms with E-state index in [1.165, 1.54) is 6.20 Å². The summed E-state index contributed by atoms with van der Waals surface area (Å²) in [5, 5.41) is 10.4. The van der Waals surface area contributed by atoms with E-state index in [1.54, 1.807) is 46.8 Å². The Kier molecular flexibility index (Phi) is 6.92. The minimum Gasteiger partial charge on any atom is -0.444 e. The van der Waals surface area contributed by atoms with E-state index in [2.05, 4.69) is 35.7 Å². The third-order valence-electron chi connectivity index (χ3n) is 6.71. The molecule has 1 amide bonds. The number of hydrogen-bond donors (Lipinski definition) is 3. The fraction of sp³-hybridized carbons (Fsp3) is 0.444. The number of aromatic amines is 1. The highest BCUT2D eigenvalue weighted by atomic mass is 19.4. The quantitative estimate of drug-likeness (QED) is 0.266. The molecule has 4 heterocycles. The van der Waals surface area contributed by atoms with Gasteiger partial charge in [0.05, 0.1) is 28.7 Å². The van der Waals surface area contributed by atoms with Gasteiger partial charge < -0.3 is 24.9 Å². The Balaban J connectivity index is 1.46. The molecule has 0 saturated heterocycles. The number of aryl methyl sites for hydroxylation is 2. The van der Waals surface area contributed by atoms with Crippen LogP contribution in [0.3, 0.4) is 0 Å². The molecule has 0 unspecified atom stereocenters. The van der Waals surface area contributed by atoms with Gasteiger partial charge in [-0.15, -0.1) is 0 Å². The van der Waals surface area contributed by atoms with Crippen molar-refractivity contribution in [3.05, 3.63) is 41.5 Å². The van der Waals surface area contributed by atoms with E-state index in [4.69, 9.17) is 9.26 Å². The van der Waals surface area contributed by atoms with Crippen molar-refractivity contribution in [2.24, 2.45) is 0 Å². The number of rotatable bonds is 5. The fourth-order valence-corrected chi connectivity index (χ4v) is 4.98. The number of alkyl carbamates (subject to hydrolysis) is 1. The molecule has 5 rings (SSSR count). The van der Waals surface area contributed by atoms with E-state index in [0.29, 0.717) is 41.0 Å². The third kappa shape index (κ3) is 5.58. The molecule has 1 saturated carbocycles. The van der Waals surface area contributed by atoms with Crippen LogP contribution in [0.2, 0.25) is 0 Å². The highest BCUT2D eigenvalue weighted by Crippen LogP contribution is 2.39. The van der Waals surface area contributed by atoms with Gasteiger partial charge >= 0.3 is 12.3 Å². The molecule has 4 aromatic rings. The minimum atomic E-state index is -4.68.